The Labute approximate surface area is 134 Å². The van der Waals surface area contributed by atoms with Gasteiger partial charge in [-0.2, -0.15) is 0 Å². The summed E-state index contributed by atoms with van der Waals surface area (Å²) in [5, 5.41) is 14.8. The molecule has 0 radical (unpaired) electrons. The Balaban J connectivity index is 2.31. The van der Waals surface area contributed by atoms with E-state index in [9.17, 15) is 14.7 Å². The van der Waals surface area contributed by atoms with Crippen molar-refractivity contribution in [2.75, 3.05) is 5.32 Å². The van der Waals surface area contributed by atoms with Crippen molar-refractivity contribution in [2.24, 2.45) is 0 Å². The smallest absolute Gasteiger partial charge is 0.272 e. The van der Waals surface area contributed by atoms with Crippen molar-refractivity contribution in [2.45, 2.75) is 13.8 Å². The SMILES string of the molecule is CC(=O)N/C(=C\c1ccccc1C)C(=O)Nc1ccccc1O. The number of aromatic hydroxyl groups is 1. The van der Waals surface area contributed by atoms with Gasteiger partial charge in [-0.15, -0.1) is 0 Å². The summed E-state index contributed by atoms with van der Waals surface area (Å²) in [4.78, 5) is 23.8. The molecule has 2 aromatic rings. The standard InChI is InChI=1S/C18H18N2O3/c1-12-7-3-4-8-14(12)11-16(19-13(2)21)18(23)20-15-9-5-6-10-17(15)22/h3-11,22H,1-2H3,(H,19,21)(H,20,23)/b16-11-. The number of aryl methyl sites for hydroxylation is 1. The Morgan fingerprint density at radius 1 is 1.04 bits per heavy atom. The van der Waals surface area contributed by atoms with Gasteiger partial charge >= 0.3 is 0 Å². The minimum Gasteiger partial charge on any atom is -0.506 e. The maximum atomic E-state index is 12.4. The molecule has 2 aromatic carbocycles. The number of benzene rings is 2. The first-order valence-corrected chi connectivity index (χ1v) is 7.11. The van der Waals surface area contributed by atoms with E-state index in [-0.39, 0.29) is 23.0 Å². The zero-order valence-electron chi connectivity index (χ0n) is 13.0. The number of hydrogen-bond donors (Lipinski definition) is 3. The first kappa shape index (κ1) is 16.3. The second-order valence-corrected chi connectivity index (χ2v) is 5.07. The highest BCUT2D eigenvalue weighted by Gasteiger charge is 2.13. The molecule has 0 aliphatic rings. The number of amides is 2. The molecule has 0 aromatic heterocycles. The molecule has 0 aliphatic carbocycles. The van der Waals surface area contributed by atoms with Crippen molar-refractivity contribution in [1.82, 2.24) is 5.32 Å². The second-order valence-electron chi connectivity index (χ2n) is 5.07. The van der Waals surface area contributed by atoms with Gasteiger partial charge in [0.2, 0.25) is 5.91 Å². The molecule has 3 N–H and O–H groups in total. The number of nitrogens with one attached hydrogen (secondary N) is 2. The fourth-order valence-electron chi connectivity index (χ4n) is 2.02. The Morgan fingerprint density at radius 2 is 1.70 bits per heavy atom. The molecular weight excluding hydrogens is 292 g/mol. The van der Waals surface area contributed by atoms with Gasteiger partial charge in [-0.1, -0.05) is 36.4 Å². The van der Waals surface area contributed by atoms with Crippen LogP contribution in [0.5, 0.6) is 5.75 Å². The molecule has 0 atom stereocenters. The van der Waals surface area contributed by atoms with Crippen LogP contribution < -0.4 is 10.6 Å². The predicted octanol–water partition coefficient (Wildman–Crippen LogP) is 2.82. The number of carbonyl (C=O) groups is 2. The van der Waals surface area contributed by atoms with Gasteiger partial charge in [-0.25, -0.2) is 0 Å². The molecule has 0 aliphatic heterocycles. The number of rotatable bonds is 4. The molecule has 0 saturated heterocycles. The normalized spacial score (nSPS) is 11.0. The molecule has 2 rings (SSSR count). The quantitative estimate of drug-likeness (QED) is 0.600. The molecule has 0 bridgehead atoms. The monoisotopic (exact) mass is 310 g/mol. The number of anilines is 1. The number of para-hydroxylation sites is 2. The van der Waals surface area contributed by atoms with Crippen LogP contribution in [0, 0.1) is 6.92 Å². The van der Waals surface area contributed by atoms with Crippen molar-refractivity contribution < 1.29 is 14.7 Å². The van der Waals surface area contributed by atoms with Gasteiger partial charge in [0.25, 0.3) is 5.91 Å². The summed E-state index contributed by atoms with van der Waals surface area (Å²) in [6, 6.07) is 13.9. The molecule has 118 valence electrons. The van der Waals surface area contributed by atoms with Crippen LogP contribution in [-0.2, 0) is 9.59 Å². The molecule has 2 amide bonds. The van der Waals surface area contributed by atoms with Crippen LogP contribution in [-0.4, -0.2) is 16.9 Å². The van der Waals surface area contributed by atoms with E-state index < -0.39 is 5.91 Å². The molecule has 0 unspecified atom stereocenters. The fourth-order valence-corrected chi connectivity index (χ4v) is 2.02. The lowest BCUT2D eigenvalue weighted by molar-refractivity contribution is -0.120. The Hall–Kier alpha value is -3.08. The third-order valence-electron chi connectivity index (χ3n) is 3.20. The van der Waals surface area contributed by atoms with E-state index >= 15 is 0 Å². The zero-order valence-corrected chi connectivity index (χ0v) is 13.0. The number of hydrogen-bond acceptors (Lipinski definition) is 3. The Kier molecular flexibility index (Phi) is 5.15. The van der Waals surface area contributed by atoms with Gasteiger partial charge in [0, 0.05) is 6.92 Å². The van der Waals surface area contributed by atoms with E-state index in [1.54, 1.807) is 24.3 Å². The summed E-state index contributed by atoms with van der Waals surface area (Å²) in [5.74, 6) is -0.902. The summed E-state index contributed by atoms with van der Waals surface area (Å²) in [7, 11) is 0. The van der Waals surface area contributed by atoms with Crippen molar-refractivity contribution in [3.05, 3.63) is 65.4 Å². The minimum absolute atomic E-state index is 0.0427. The van der Waals surface area contributed by atoms with Crippen LogP contribution >= 0.6 is 0 Å². The van der Waals surface area contributed by atoms with E-state index in [0.29, 0.717) is 0 Å². The van der Waals surface area contributed by atoms with Crippen LogP contribution in [0.1, 0.15) is 18.1 Å². The molecule has 5 nitrogen and oxygen atoms in total. The van der Waals surface area contributed by atoms with Crippen LogP contribution in [0.4, 0.5) is 5.69 Å². The zero-order chi connectivity index (χ0) is 16.8. The van der Waals surface area contributed by atoms with Gasteiger partial charge in [0.1, 0.15) is 11.4 Å². The van der Waals surface area contributed by atoms with Crippen molar-refractivity contribution >= 4 is 23.6 Å². The Morgan fingerprint density at radius 3 is 2.35 bits per heavy atom. The van der Waals surface area contributed by atoms with Gasteiger partial charge in [0.15, 0.2) is 0 Å². The molecule has 0 spiro atoms. The minimum atomic E-state index is -0.509. The predicted molar refractivity (Wildman–Crippen MR) is 89.7 cm³/mol. The third kappa shape index (κ3) is 4.44. The van der Waals surface area contributed by atoms with E-state index in [1.165, 1.54) is 13.0 Å². The van der Waals surface area contributed by atoms with E-state index in [1.807, 2.05) is 31.2 Å². The molecule has 23 heavy (non-hydrogen) atoms. The lowest BCUT2D eigenvalue weighted by Crippen LogP contribution is -2.29. The molecule has 0 heterocycles. The topological polar surface area (TPSA) is 78.4 Å². The highest BCUT2D eigenvalue weighted by molar-refractivity contribution is 6.09. The summed E-state index contributed by atoms with van der Waals surface area (Å²) in [6.45, 7) is 3.25. The van der Waals surface area contributed by atoms with Gasteiger partial charge in [-0.05, 0) is 36.3 Å². The molecule has 0 saturated carbocycles. The number of phenols is 1. The lowest BCUT2D eigenvalue weighted by Gasteiger charge is -2.11. The van der Waals surface area contributed by atoms with Gasteiger partial charge < -0.3 is 15.7 Å². The maximum absolute atomic E-state index is 12.4. The summed E-state index contributed by atoms with van der Waals surface area (Å²) in [5.41, 5.74) is 2.18. The Bertz CT molecular complexity index is 766. The first-order chi connectivity index (χ1) is 11.0. The average Bonchev–Trinajstić information content (AvgIpc) is 2.50. The van der Waals surface area contributed by atoms with Crippen molar-refractivity contribution in [3.8, 4) is 5.75 Å². The third-order valence-corrected chi connectivity index (χ3v) is 3.20. The maximum Gasteiger partial charge on any atom is 0.272 e. The van der Waals surface area contributed by atoms with Gasteiger partial charge in [0.05, 0.1) is 5.69 Å². The first-order valence-electron chi connectivity index (χ1n) is 7.11. The van der Waals surface area contributed by atoms with E-state index in [4.69, 9.17) is 0 Å². The van der Waals surface area contributed by atoms with Crippen molar-refractivity contribution in [1.29, 1.82) is 0 Å². The van der Waals surface area contributed by atoms with Crippen LogP contribution in [0.15, 0.2) is 54.2 Å². The largest absolute Gasteiger partial charge is 0.506 e. The van der Waals surface area contributed by atoms with E-state index in [2.05, 4.69) is 10.6 Å². The number of carbonyl (C=O) groups excluding carboxylic acids is 2. The molecular formula is C18H18N2O3. The van der Waals surface area contributed by atoms with Crippen molar-refractivity contribution in [3.63, 3.8) is 0 Å². The fraction of sp³-hybridized carbons (Fsp3) is 0.111. The average molecular weight is 310 g/mol. The molecule has 5 heteroatoms. The molecule has 0 fully saturated rings. The highest BCUT2D eigenvalue weighted by Crippen LogP contribution is 2.22. The van der Waals surface area contributed by atoms with E-state index in [0.717, 1.165) is 11.1 Å². The summed E-state index contributed by atoms with van der Waals surface area (Å²) >= 11 is 0. The highest BCUT2D eigenvalue weighted by atomic mass is 16.3. The summed E-state index contributed by atoms with van der Waals surface area (Å²) in [6.07, 6.45) is 1.60. The van der Waals surface area contributed by atoms with Crippen LogP contribution in [0.25, 0.3) is 6.08 Å². The summed E-state index contributed by atoms with van der Waals surface area (Å²) < 4.78 is 0. The lowest BCUT2D eigenvalue weighted by atomic mass is 10.1. The number of phenolic OH excluding ortho intramolecular Hbond substituents is 1. The van der Waals surface area contributed by atoms with Crippen LogP contribution in [0.2, 0.25) is 0 Å². The van der Waals surface area contributed by atoms with Crippen LogP contribution in [0.3, 0.4) is 0 Å². The van der Waals surface area contributed by atoms with Gasteiger partial charge in [-0.3, -0.25) is 9.59 Å². The second kappa shape index (κ2) is 7.26.